The van der Waals surface area contributed by atoms with Crippen molar-refractivity contribution in [2.75, 3.05) is 14.1 Å². The smallest absolute Gasteiger partial charge is 0.425 e. The number of rotatable bonds is 6. The summed E-state index contributed by atoms with van der Waals surface area (Å²) in [4.78, 5) is 29.7. The quantitative estimate of drug-likeness (QED) is 0.515. The summed E-state index contributed by atoms with van der Waals surface area (Å²) in [5.74, 6) is -0.151. The van der Waals surface area contributed by atoms with Gasteiger partial charge in [-0.2, -0.15) is 17.0 Å². The summed E-state index contributed by atoms with van der Waals surface area (Å²) in [5, 5.41) is 0.669. The minimum absolute atomic E-state index is 0.151. The maximum absolute atomic E-state index is 13.0. The highest BCUT2D eigenvalue weighted by atomic mass is 32.2. The monoisotopic (exact) mass is 486 g/mol. The number of fused-ring (bicyclic) bond motifs is 1. The average molecular weight is 487 g/mol. The van der Waals surface area contributed by atoms with Crippen molar-refractivity contribution in [1.29, 1.82) is 0 Å². The van der Waals surface area contributed by atoms with Crippen molar-refractivity contribution < 1.29 is 22.7 Å². The second kappa shape index (κ2) is 9.55. The summed E-state index contributed by atoms with van der Waals surface area (Å²) in [6.45, 7) is 6.46. The van der Waals surface area contributed by atoms with Crippen LogP contribution in [-0.2, 0) is 21.5 Å². The highest BCUT2D eigenvalue weighted by molar-refractivity contribution is 7.87. The number of benzene rings is 1. The summed E-state index contributed by atoms with van der Waals surface area (Å²) in [5.41, 5.74) is 2.07. The molecule has 0 bridgehead atoms. The number of pyridine rings is 1. The Morgan fingerprint density at radius 2 is 1.71 bits per heavy atom. The van der Waals surface area contributed by atoms with Crippen LogP contribution in [-0.4, -0.2) is 58.3 Å². The largest absolute Gasteiger partial charge is 0.443 e. The summed E-state index contributed by atoms with van der Waals surface area (Å²) in [7, 11) is -1.46. The summed E-state index contributed by atoms with van der Waals surface area (Å²) in [6.07, 6.45) is 4.24. The molecular formula is C24H30N4O5S. The normalized spacial score (nSPS) is 12.2. The van der Waals surface area contributed by atoms with Gasteiger partial charge in [0, 0.05) is 44.5 Å². The van der Waals surface area contributed by atoms with Crippen LogP contribution < -0.4 is 0 Å². The zero-order chi connectivity index (χ0) is 25.3. The standard InChI is InChI=1S/C24H30N4O5S/c1-7-22(29)27-15-19(16-28(34(31,32)26(5)6)23(30)33-24(2,3)4)20-9-8-18(14-21(20)27)17-10-12-25-13-11-17/h8-15H,7,16H2,1-6H3. The lowest BCUT2D eigenvalue weighted by Gasteiger charge is -2.28. The molecule has 0 unspecified atom stereocenters. The van der Waals surface area contributed by atoms with Crippen molar-refractivity contribution in [3.63, 3.8) is 0 Å². The van der Waals surface area contributed by atoms with Crippen LogP contribution in [0.15, 0.2) is 48.9 Å². The van der Waals surface area contributed by atoms with Gasteiger partial charge in [-0.1, -0.05) is 19.1 Å². The zero-order valence-electron chi connectivity index (χ0n) is 20.3. The number of hydrogen-bond acceptors (Lipinski definition) is 6. The third-order valence-electron chi connectivity index (χ3n) is 5.12. The van der Waals surface area contributed by atoms with Crippen LogP contribution in [0, 0.1) is 0 Å². The van der Waals surface area contributed by atoms with Gasteiger partial charge in [0.2, 0.25) is 5.91 Å². The Balaban J connectivity index is 2.14. The average Bonchev–Trinajstić information content (AvgIpc) is 3.13. The minimum Gasteiger partial charge on any atom is -0.443 e. The van der Waals surface area contributed by atoms with E-state index in [-0.39, 0.29) is 18.9 Å². The molecule has 0 spiro atoms. The maximum atomic E-state index is 13.0. The van der Waals surface area contributed by atoms with Crippen molar-refractivity contribution in [1.82, 2.24) is 18.2 Å². The fourth-order valence-electron chi connectivity index (χ4n) is 3.43. The Hall–Kier alpha value is -3.24. The van der Waals surface area contributed by atoms with Crippen molar-refractivity contribution in [2.24, 2.45) is 0 Å². The Bertz CT molecular complexity index is 1310. The van der Waals surface area contributed by atoms with E-state index in [4.69, 9.17) is 4.74 Å². The highest BCUT2D eigenvalue weighted by Crippen LogP contribution is 2.30. The van der Waals surface area contributed by atoms with Gasteiger partial charge in [-0.15, -0.1) is 0 Å². The number of carbonyl (C=O) groups excluding carboxylic acids is 2. The Labute approximate surface area is 200 Å². The van der Waals surface area contributed by atoms with Crippen LogP contribution in [0.1, 0.15) is 44.5 Å². The van der Waals surface area contributed by atoms with Crippen LogP contribution in [0.5, 0.6) is 0 Å². The number of amides is 1. The molecule has 1 aromatic carbocycles. The second-order valence-electron chi connectivity index (χ2n) is 9.02. The Kier molecular flexibility index (Phi) is 7.13. The molecule has 10 heteroatoms. The van der Waals surface area contributed by atoms with Crippen molar-refractivity contribution in [3.05, 3.63) is 54.5 Å². The van der Waals surface area contributed by atoms with Crippen LogP contribution >= 0.6 is 0 Å². The number of aromatic nitrogens is 2. The number of carbonyl (C=O) groups is 2. The van der Waals surface area contributed by atoms with Gasteiger partial charge in [0.25, 0.3) is 0 Å². The lowest BCUT2D eigenvalue weighted by molar-refractivity contribution is 0.0374. The molecular weight excluding hydrogens is 456 g/mol. The molecule has 34 heavy (non-hydrogen) atoms. The first-order valence-electron chi connectivity index (χ1n) is 10.9. The third kappa shape index (κ3) is 5.28. The molecule has 9 nitrogen and oxygen atoms in total. The van der Waals surface area contributed by atoms with Gasteiger partial charge >= 0.3 is 16.3 Å². The fraction of sp³-hybridized carbons (Fsp3) is 0.375. The predicted molar refractivity (Wildman–Crippen MR) is 130 cm³/mol. The zero-order valence-corrected chi connectivity index (χ0v) is 21.1. The lowest BCUT2D eigenvalue weighted by Crippen LogP contribution is -2.45. The molecule has 1 amide bonds. The van der Waals surface area contributed by atoms with E-state index < -0.39 is 21.9 Å². The van der Waals surface area contributed by atoms with Gasteiger partial charge in [-0.25, -0.2) is 4.79 Å². The van der Waals surface area contributed by atoms with Gasteiger partial charge in [-0.05, 0) is 55.7 Å². The van der Waals surface area contributed by atoms with E-state index in [2.05, 4.69) is 4.98 Å². The molecule has 0 N–H and O–H groups in total. The lowest BCUT2D eigenvalue weighted by atomic mass is 10.0. The first-order chi connectivity index (χ1) is 15.8. The summed E-state index contributed by atoms with van der Waals surface area (Å²) in [6, 6.07) is 9.32. The molecule has 0 saturated heterocycles. The van der Waals surface area contributed by atoms with E-state index >= 15 is 0 Å². The summed E-state index contributed by atoms with van der Waals surface area (Å²) < 4.78 is 34.5. The molecule has 3 rings (SSSR count). The number of nitrogens with zero attached hydrogens (tertiary/aromatic N) is 4. The number of ether oxygens (including phenoxy) is 1. The third-order valence-corrected chi connectivity index (χ3v) is 6.88. The van der Waals surface area contributed by atoms with Crippen molar-refractivity contribution in [2.45, 2.75) is 46.3 Å². The molecule has 0 saturated carbocycles. The first kappa shape index (κ1) is 25.4. The van der Waals surface area contributed by atoms with Crippen LogP contribution in [0.25, 0.3) is 22.0 Å². The molecule has 0 fully saturated rings. The van der Waals surface area contributed by atoms with E-state index in [0.29, 0.717) is 20.8 Å². The fourth-order valence-corrected chi connectivity index (χ4v) is 4.35. The highest BCUT2D eigenvalue weighted by Gasteiger charge is 2.34. The van der Waals surface area contributed by atoms with E-state index in [1.54, 1.807) is 46.3 Å². The van der Waals surface area contributed by atoms with Gasteiger partial charge < -0.3 is 4.74 Å². The Morgan fingerprint density at radius 3 is 2.26 bits per heavy atom. The molecule has 0 aliphatic heterocycles. The van der Waals surface area contributed by atoms with Gasteiger partial charge in [-0.3, -0.25) is 14.3 Å². The SMILES string of the molecule is CCC(=O)n1cc(CN(C(=O)OC(C)(C)C)S(=O)(=O)N(C)C)c2ccc(-c3ccncc3)cc21. The first-order valence-corrected chi connectivity index (χ1v) is 12.3. The second-order valence-corrected chi connectivity index (χ2v) is 11.1. The van der Waals surface area contributed by atoms with Crippen LogP contribution in [0.3, 0.4) is 0 Å². The minimum atomic E-state index is -4.15. The van der Waals surface area contributed by atoms with Crippen molar-refractivity contribution >= 4 is 33.1 Å². The molecule has 3 aromatic rings. The molecule has 182 valence electrons. The topological polar surface area (TPSA) is 102 Å². The molecule has 2 aromatic heterocycles. The van der Waals surface area contributed by atoms with Gasteiger partial charge in [0.1, 0.15) is 5.60 Å². The van der Waals surface area contributed by atoms with E-state index in [0.717, 1.165) is 15.4 Å². The molecule has 0 aliphatic rings. The van der Waals surface area contributed by atoms with E-state index in [1.807, 2.05) is 30.3 Å². The van der Waals surface area contributed by atoms with Gasteiger partial charge in [0.15, 0.2) is 0 Å². The van der Waals surface area contributed by atoms with E-state index in [1.165, 1.54) is 18.7 Å². The summed E-state index contributed by atoms with van der Waals surface area (Å²) >= 11 is 0. The predicted octanol–water partition coefficient (Wildman–Crippen LogP) is 4.30. The van der Waals surface area contributed by atoms with E-state index in [9.17, 15) is 18.0 Å². The molecule has 0 radical (unpaired) electrons. The Morgan fingerprint density at radius 1 is 1.06 bits per heavy atom. The molecule has 2 heterocycles. The van der Waals surface area contributed by atoms with Crippen LogP contribution in [0.4, 0.5) is 4.79 Å². The molecule has 0 atom stereocenters. The number of hydrogen-bond donors (Lipinski definition) is 0. The van der Waals surface area contributed by atoms with Crippen molar-refractivity contribution in [3.8, 4) is 11.1 Å². The molecule has 0 aliphatic carbocycles. The maximum Gasteiger partial charge on any atom is 0.425 e. The van der Waals surface area contributed by atoms with Gasteiger partial charge in [0.05, 0.1) is 12.1 Å². The van der Waals surface area contributed by atoms with Crippen LogP contribution in [0.2, 0.25) is 0 Å².